The monoisotopic (exact) mass is 401 g/mol. The van der Waals surface area contributed by atoms with Crippen LogP contribution < -0.4 is 10.5 Å². The number of guanidine groups is 1. The Morgan fingerprint density at radius 1 is 1.21 bits per heavy atom. The lowest BCUT2D eigenvalue weighted by atomic mass is 9.82. The lowest BCUT2D eigenvalue weighted by molar-refractivity contribution is -0.129. The first-order valence-corrected chi connectivity index (χ1v) is 8.72. The average Bonchev–Trinajstić information content (AvgIpc) is 2.93. The molecule has 5 nitrogen and oxygen atoms in total. The average molecular weight is 401 g/mol. The van der Waals surface area contributed by atoms with Crippen LogP contribution in [0.2, 0.25) is 0 Å². The van der Waals surface area contributed by atoms with Gasteiger partial charge in [-0.15, -0.1) is 0 Å². The van der Waals surface area contributed by atoms with Gasteiger partial charge in [-0.05, 0) is 35.4 Å². The summed E-state index contributed by atoms with van der Waals surface area (Å²) in [7, 11) is 1.50. The van der Waals surface area contributed by atoms with Crippen LogP contribution in [0.5, 0.6) is 5.75 Å². The van der Waals surface area contributed by atoms with Crippen molar-refractivity contribution in [3.63, 3.8) is 0 Å². The molecule has 0 fully saturated rings. The fraction of sp³-hybridized carbons (Fsp3) is 0.238. The molecule has 0 aliphatic carbocycles. The zero-order chi connectivity index (χ0) is 21.0. The summed E-state index contributed by atoms with van der Waals surface area (Å²) in [6.45, 7) is -3.50. The first kappa shape index (κ1) is 20.3. The molecule has 0 aromatic heterocycles. The smallest absolute Gasteiger partial charge is 0.387 e. The van der Waals surface area contributed by atoms with Crippen molar-refractivity contribution < 1.29 is 22.7 Å². The summed E-state index contributed by atoms with van der Waals surface area (Å²) in [5.74, 6) is 5.14. The van der Waals surface area contributed by atoms with Crippen LogP contribution in [0.4, 0.5) is 13.2 Å². The normalized spacial score (nSPS) is 18.4. The number of benzene rings is 2. The number of ether oxygens (including phenoxy) is 1. The van der Waals surface area contributed by atoms with Crippen molar-refractivity contribution >= 4 is 11.9 Å². The van der Waals surface area contributed by atoms with E-state index in [4.69, 9.17) is 5.73 Å². The maximum atomic E-state index is 13.2. The Labute approximate surface area is 166 Å². The van der Waals surface area contributed by atoms with Crippen molar-refractivity contribution in [1.82, 2.24) is 4.90 Å². The van der Waals surface area contributed by atoms with Crippen LogP contribution in [0, 0.1) is 11.8 Å². The Balaban J connectivity index is 2.11. The zero-order valence-electron chi connectivity index (χ0n) is 15.5. The van der Waals surface area contributed by atoms with E-state index in [-0.39, 0.29) is 18.1 Å². The van der Waals surface area contributed by atoms with Crippen LogP contribution in [0.1, 0.15) is 23.1 Å². The molecular formula is C21H18F3N3O2. The lowest BCUT2D eigenvalue weighted by Gasteiger charge is -2.26. The molecule has 0 radical (unpaired) electrons. The largest absolute Gasteiger partial charge is 0.435 e. The molecule has 0 saturated carbocycles. The second-order valence-corrected chi connectivity index (χ2v) is 6.27. The molecule has 3 rings (SSSR count). The van der Waals surface area contributed by atoms with E-state index in [0.29, 0.717) is 16.7 Å². The standard InChI is InChI=1S/C21H18F3N3O2/c1-27-18(28)21(26-20(27)25,15-8-10-17(11-9-15)29-19(23)24)16-7-4-6-14(13-16)5-2-3-12-22/h4,6-11,13,19H,3,12H2,1H3,(H2,25,26)/t21-/m0/s1. The maximum absolute atomic E-state index is 13.2. The minimum atomic E-state index is -2.96. The zero-order valence-corrected chi connectivity index (χ0v) is 15.5. The Morgan fingerprint density at radius 2 is 1.93 bits per heavy atom. The summed E-state index contributed by atoms with van der Waals surface area (Å²) < 4.78 is 41.6. The number of nitrogens with two attached hydrogens (primary N) is 1. The van der Waals surface area contributed by atoms with E-state index in [2.05, 4.69) is 21.6 Å². The summed E-state index contributed by atoms with van der Waals surface area (Å²) >= 11 is 0. The SMILES string of the molecule is CN1C(=O)[C@](c2ccc(OC(F)F)cc2)(c2cccc(C#CCCF)c2)N=C1N. The topological polar surface area (TPSA) is 67.9 Å². The molecule has 1 aliphatic rings. The van der Waals surface area contributed by atoms with Crippen LogP contribution in [0.15, 0.2) is 53.5 Å². The molecule has 2 aromatic rings. The van der Waals surface area contributed by atoms with Gasteiger partial charge in [-0.2, -0.15) is 8.78 Å². The van der Waals surface area contributed by atoms with Crippen molar-refractivity contribution in [3.8, 4) is 17.6 Å². The van der Waals surface area contributed by atoms with Gasteiger partial charge >= 0.3 is 6.61 Å². The number of rotatable bonds is 5. The Bertz CT molecular complexity index is 996. The van der Waals surface area contributed by atoms with Gasteiger partial charge in [0.2, 0.25) is 0 Å². The van der Waals surface area contributed by atoms with Crippen molar-refractivity contribution in [2.75, 3.05) is 13.7 Å². The highest BCUT2D eigenvalue weighted by molar-refractivity contribution is 6.08. The Morgan fingerprint density at radius 3 is 2.52 bits per heavy atom. The molecule has 2 N–H and O–H groups in total. The molecule has 150 valence electrons. The number of nitrogens with zero attached hydrogens (tertiary/aromatic N) is 2. The maximum Gasteiger partial charge on any atom is 0.387 e. The van der Waals surface area contributed by atoms with E-state index < -0.39 is 24.7 Å². The summed E-state index contributed by atoms with van der Waals surface area (Å²) in [4.78, 5) is 18.8. The number of carbonyl (C=O) groups excluding carboxylic acids is 1. The second kappa shape index (κ2) is 8.27. The third-order valence-electron chi connectivity index (χ3n) is 4.47. The number of hydrogen-bond donors (Lipinski definition) is 1. The summed E-state index contributed by atoms with van der Waals surface area (Å²) in [5, 5.41) is 0. The third-order valence-corrected chi connectivity index (χ3v) is 4.47. The number of hydrogen-bond acceptors (Lipinski definition) is 4. The lowest BCUT2D eigenvalue weighted by Crippen LogP contribution is -2.41. The molecule has 0 saturated heterocycles. The van der Waals surface area contributed by atoms with Gasteiger partial charge in [-0.3, -0.25) is 14.1 Å². The molecule has 0 bridgehead atoms. The number of amides is 1. The molecule has 1 heterocycles. The molecule has 1 atom stereocenters. The molecule has 0 spiro atoms. The van der Waals surface area contributed by atoms with Crippen LogP contribution in [-0.4, -0.2) is 37.1 Å². The van der Waals surface area contributed by atoms with Gasteiger partial charge in [0.1, 0.15) is 12.4 Å². The van der Waals surface area contributed by atoms with Crippen molar-refractivity contribution in [1.29, 1.82) is 0 Å². The van der Waals surface area contributed by atoms with E-state index in [0.717, 1.165) is 0 Å². The predicted molar refractivity (Wildman–Crippen MR) is 102 cm³/mol. The van der Waals surface area contributed by atoms with E-state index in [9.17, 15) is 18.0 Å². The number of aliphatic imine (C=N–C) groups is 1. The Kier molecular flexibility index (Phi) is 5.78. The van der Waals surface area contributed by atoms with Crippen LogP contribution >= 0.6 is 0 Å². The van der Waals surface area contributed by atoms with E-state index >= 15 is 0 Å². The molecular weight excluding hydrogens is 383 g/mol. The van der Waals surface area contributed by atoms with Crippen molar-refractivity contribution in [3.05, 3.63) is 65.2 Å². The van der Waals surface area contributed by atoms with Crippen LogP contribution in [-0.2, 0) is 10.3 Å². The highest BCUT2D eigenvalue weighted by Gasteiger charge is 2.49. The summed E-state index contributed by atoms with van der Waals surface area (Å²) in [5.41, 5.74) is 5.95. The van der Waals surface area contributed by atoms with Crippen LogP contribution in [0.25, 0.3) is 0 Å². The highest BCUT2D eigenvalue weighted by atomic mass is 19.3. The highest BCUT2D eigenvalue weighted by Crippen LogP contribution is 2.40. The van der Waals surface area contributed by atoms with E-state index in [1.54, 1.807) is 24.3 Å². The summed E-state index contributed by atoms with van der Waals surface area (Å²) in [6.07, 6.45) is 0.105. The molecule has 1 amide bonds. The predicted octanol–water partition coefficient (Wildman–Crippen LogP) is 3.03. The molecule has 0 unspecified atom stereocenters. The van der Waals surface area contributed by atoms with Crippen molar-refractivity contribution in [2.45, 2.75) is 18.6 Å². The van der Waals surface area contributed by atoms with Crippen molar-refractivity contribution in [2.24, 2.45) is 10.7 Å². The fourth-order valence-electron chi connectivity index (χ4n) is 3.10. The number of likely N-dealkylation sites (N-methyl/N-ethyl adjacent to an activating group) is 1. The van der Waals surface area contributed by atoms with Gasteiger partial charge < -0.3 is 10.5 Å². The van der Waals surface area contributed by atoms with Gasteiger partial charge in [-0.1, -0.05) is 36.1 Å². The minimum absolute atomic E-state index is 0.0248. The second-order valence-electron chi connectivity index (χ2n) is 6.27. The first-order chi connectivity index (χ1) is 13.9. The minimum Gasteiger partial charge on any atom is -0.435 e. The number of alkyl halides is 3. The first-order valence-electron chi connectivity index (χ1n) is 8.72. The molecule has 29 heavy (non-hydrogen) atoms. The quantitative estimate of drug-likeness (QED) is 0.784. The molecule has 2 aromatic carbocycles. The third kappa shape index (κ3) is 3.90. The van der Waals surface area contributed by atoms with Gasteiger partial charge in [0, 0.05) is 19.0 Å². The van der Waals surface area contributed by atoms with Gasteiger partial charge in [0.25, 0.3) is 5.91 Å². The molecule has 8 heteroatoms. The fourth-order valence-corrected chi connectivity index (χ4v) is 3.10. The number of halogens is 3. The van der Waals surface area contributed by atoms with Crippen LogP contribution in [0.3, 0.4) is 0 Å². The van der Waals surface area contributed by atoms with Gasteiger partial charge in [0.15, 0.2) is 11.5 Å². The van der Waals surface area contributed by atoms with Gasteiger partial charge in [-0.25, -0.2) is 4.99 Å². The van der Waals surface area contributed by atoms with Gasteiger partial charge in [0.05, 0.1) is 0 Å². The van der Waals surface area contributed by atoms with E-state index in [1.165, 1.54) is 36.2 Å². The summed E-state index contributed by atoms with van der Waals surface area (Å²) in [6, 6.07) is 12.5. The van der Waals surface area contributed by atoms with E-state index in [1.807, 2.05) is 0 Å². The Hall–Kier alpha value is -3.47. The number of carbonyl (C=O) groups is 1. The molecule has 1 aliphatic heterocycles.